The van der Waals surface area contributed by atoms with Crippen LogP contribution < -0.4 is 20.5 Å². The van der Waals surface area contributed by atoms with Crippen LogP contribution in [0.1, 0.15) is 32.1 Å². The second-order valence-electron chi connectivity index (χ2n) is 5.88. The Bertz CT molecular complexity index is 527. The predicted molar refractivity (Wildman–Crippen MR) is 89.0 cm³/mol. The quantitative estimate of drug-likeness (QED) is 0.753. The van der Waals surface area contributed by atoms with Crippen LogP contribution in [0.3, 0.4) is 0 Å². The number of amides is 1. The first-order chi connectivity index (χ1) is 11.1. The van der Waals surface area contributed by atoms with Crippen molar-refractivity contribution in [3.05, 3.63) is 18.2 Å². The Kier molecular flexibility index (Phi) is 6.24. The van der Waals surface area contributed by atoms with E-state index >= 15 is 0 Å². The first-order valence-corrected chi connectivity index (χ1v) is 7.99. The largest absolute Gasteiger partial charge is 0.493 e. The Balaban J connectivity index is 2.06. The third kappa shape index (κ3) is 4.59. The van der Waals surface area contributed by atoms with Gasteiger partial charge in [0.1, 0.15) is 6.61 Å². The highest BCUT2D eigenvalue weighted by Gasteiger charge is 2.35. The van der Waals surface area contributed by atoms with Gasteiger partial charge in [0.2, 0.25) is 5.91 Å². The van der Waals surface area contributed by atoms with Crippen LogP contribution in [0.2, 0.25) is 0 Å². The molecule has 1 amide bonds. The van der Waals surface area contributed by atoms with Crippen molar-refractivity contribution in [3.63, 3.8) is 0 Å². The molecule has 1 fully saturated rings. The number of anilines is 1. The first kappa shape index (κ1) is 17.6. The molecule has 128 valence electrons. The molecule has 23 heavy (non-hydrogen) atoms. The molecule has 0 saturated heterocycles. The van der Waals surface area contributed by atoms with Gasteiger partial charge in [-0.1, -0.05) is 19.3 Å². The van der Waals surface area contributed by atoms with Gasteiger partial charge in [0, 0.05) is 18.9 Å². The second kappa shape index (κ2) is 8.17. The number of carbonyl (C=O) groups excluding carboxylic acids is 1. The van der Waals surface area contributed by atoms with Crippen molar-refractivity contribution in [1.82, 2.24) is 0 Å². The molecule has 0 spiro atoms. The van der Waals surface area contributed by atoms with E-state index in [1.807, 2.05) is 0 Å². The lowest BCUT2D eigenvalue weighted by molar-refractivity contribution is -0.122. The van der Waals surface area contributed by atoms with E-state index in [2.05, 4.69) is 5.32 Å². The molecular weight excluding hydrogens is 296 g/mol. The highest BCUT2D eigenvalue weighted by molar-refractivity contribution is 5.98. The van der Waals surface area contributed by atoms with Gasteiger partial charge in [-0.3, -0.25) is 4.79 Å². The molecule has 0 unspecified atom stereocenters. The Labute approximate surface area is 137 Å². The second-order valence-corrected chi connectivity index (χ2v) is 5.88. The van der Waals surface area contributed by atoms with Crippen LogP contribution in [-0.2, 0) is 9.53 Å². The molecule has 6 heteroatoms. The third-order valence-corrected chi connectivity index (χ3v) is 4.16. The van der Waals surface area contributed by atoms with Crippen molar-refractivity contribution in [2.45, 2.75) is 37.6 Å². The van der Waals surface area contributed by atoms with Crippen molar-refractivity contribution in [2.24, 2.45) is 5.73 Å². The fraction of sp³-hybridized carbons (Fsp3) is 0.588. The van der Waals surface area contributed by atoms with Gasteiger partial charge >= 0.3 is 0 Å². The van der Waals surface area contributed by atoms with Gasteiger partial charge in [0.05, 0.1) is 19.3 Å². The fourth-order valence-electron chi connectivity index (χ4n) is 2.77. The fourth-order valence-corrected chi connectivity index (χ4v) is 2.77. The molecule has 1 aromatic carbocycles. The monoisotopic (exact) mass is 322 g/mol. The Morgan fingerprint density at radius 3 is 2.57 bits per heavy atom. The van der Waals surface area contributed by atoms with E-state index in [0.29, 0.717) is 30.4 Å². The van der Waals surface area contributed by atoms with Gasteiger partial charge in [0.15, 0.2) is 11.5 Å². The molecule has 0 bridgehead atoms. The summed E-state index contributed by atoms with van der Waals surface area (Å²) in [4.78, 5) is 12.5. The van der Waals surface area contributed by atoms with E-state index in [9.17, 15) is 4.79 Å². The number of methoxy groups -OCH3 is 2. The van der Waals surface area contributed by atoms with Crippen molar-refractivity contribution in [3.8, 4) is 11.5 Å². The molecule has 2 rings (SSSR count). The summed E-state index contributed by atoms with van der Waals surface area (Å²) in [6, 6.07) is 5.30. The zero-order chi connectivity index (χ0) is 16.7. The molecule has 0 atom stereocenters. The lowest BCUT2D eigenvalue weighted by Gasteiger charge is -2.31. The topological polar surface area (TPSA) is 82.8 Å². The molecule has 0 heterocycles. The molecule has 1 aliphatic rings. The maximum Gasteiger partial charge on any atom is 0.244 e. The number of rotatable bonds is 7. The Hall–Kier alpha value is -1.79. The maximum absolute atomic E-state index is 12.5. The third-order valence-electron chi connectivity index (χ3n) is 4.16. The number of ether oxygens (including phenoxy) is 3. The van der Waals surface area contributed by atoms with Crippen molar-refractivity contribution in [1.29, 1.82) is 0 Å². The van der Waals surface area contributed by atoms with Gasteiger partial charge < -0.3 is 25.3 Å². The van der Waals surface area contributed by atoms with E-state index in [1.165, 1.54) is 0 Å². The first-order valence-electron chi connectivity index (χ1n) is 7.99. The maximum atomic E-state index is 12.5. The van der Waals surface area contributed by atoms with E-state index in [1.54, 1.807) is 32.4 Å². The summed E-state index contributed by atoms with van der Waals surface area (Å²) in [7, 11) is 3.19. The highest BCUT2D eigenvalue weighted by atomic mass is 16.5. The standard InChI is InChI=1S/C17H26N2O4/c1-21-10-11-23-15-12-13(6-7-14(15)22-2)19-16(20)17(18)8-4-3-5-9-17/h6-7,12H,3-5,8-11,18H2,1-2H3,(H,19,20). The molecular formula is C17H26N2O4. The zero-order valence-electron chi connectivity index (χ0n) is 13.9. The number of hydrogen-bond donors (Lipinski definition) is 2. The van der Waals surface area contributed by atoms with Gasteiger partial charge in [-0.05, 0) is 25.0 Å². The molecule has 0 aromatic heterocycles. The van der Waals surface area contributed by atoms with Crippen molar-refractivity contribution >= 4 is 11.6 Å². The van der Waals surface area contributed by atoms with Crippen LogP contribution in [0.15, 0.2) is 18.2 Å². The van der Waals surface area contributed by atoms with E-state index < -0.39 is 5.54 Å². The summed E-state index contributed by atoms with van der Waals surface area (Å²) in [6.45, 7) is 0.886. The van der Waals surface area contributed by atoms with Crippen molar-refractivity contribution < 1.29 is 19.0 Å². The molecule has 1 aromatic rings. The summed E-state index contributed by atoms with van der Waals surface area (Å²) in [5, 5.41) is 2.90. The summed E-state index contributed by atoms with van der Waals surface area (Å²) in [5.41, 5.74) is 6.14. The number of benzene rings is 1. The van der Waals surface area contributed by atoms with E-state index in [4.69, 9.17) is 19.9 Å². The average molecular weight is 322 g/mol. The van der Waals surface area contributed by atoms with Gasteiger partial charge in [-0.25, -0.2) is 0 Å². The summed E-state index contributed by atoms with van der Waals surface area (Å²) in [5.74, 6) is 1.04. The molecule has 3 N–H and O–H groups in total. The Morgan fingerprint density at radius 2 is 1.91 bits per heavy atom. The summed E-state index contributed by atoms with van der Waals surface area (Å²) < 4.78 is 15.9. The molecule has 6 nitrogen and oxygen atoms in total. The minimum absolute atomic E-state index is 0.134. The van der Waals surface area contributed by atoms with E-state index in [-0.39, 0.29) is 5.91 Å². The minimum atomic E-state index is -0.769. The minimum Gasteiger partial charge on any atom is -0.493 e. The van der Waals surface area contributed by atoms with Crippen molar-refractivity contribution in [2.75, 3.05) is 32.8 Å². The van der Waals surface area contributed by atoms with Crippen LogP contribution >= 0.6 is 0 Å². The van der Waals surface area contributed by atoms with Crippen LogP contribution in [0.25, 0.3) is 0 Å². The molecule has 0 aliphatic heterocycles. The normalized spacial score (nSPS) is 16.7. The van der Waals surface area contributed by atoms with Crippen LogP contribution in [0, 0.1) is 0 Å². The van der Waals surface area contributed by atoms with Gasteiger partial charge in [-0.2, -0.15) is 0 Å². The zero-order valence-corrected chi connectivity index (χ0v) is 13.9. The van der Waals surface area contributed by atoms with Crippen LogP contribution in [0.5, 0.6) is 11.5 Å². The Morgan fingerprint density at radius 1 is 1.17 bits per heavy atom. The summed E-state index contributed by atoms with van der Waals surface area (Å²) in [6.07, 6.45) is 4.60. The SMILES string of the molecule is COCCOc1cc(NC(=O)C2(N)CCCCC2)ccc1OC. The number of nitrogens with two attached hydrogens (primary N) is 1. The van der Waals surface area contributed by atoms with Crippen LogP contribution in [0.4, 0.5) is 5.69 Å². The molecule has 0 radical (unpaired) electrons. The average Bonchev–Trinajstić information content (AvgIpc) is 2.56. The molecule has 1 saturated carbocycles. The smallest absolute Gasteiger partial charge is 0.244 e. The van der Waals surface area contributed by atoms with Gasteiger partial charge in [0.25, 0.3) is 0 Å². The number of hydrogen-bond acceptors (Lipinski definition) is 5. The highest BCUT2D eigenvalue weighted by Crippen LogP contribution is 2.32. The number of nitrogens with one attached hydrogen (secondary N) is 1. The van der Waals surface area contributed by atoms with Gasteiger partial charge in [-0.15, -0.1) is 0 Å². The van der Waals surface area contributed by atoms with E-state index in [0.717, 1.165) is 32.1 Å². The van der Waals surface area contributed by atoms with Crippen LogP contribution in [-0.4, -0.2) is 38.9 Å². The predicted octanol–water partition coefficient (Wildman–Crippen LogP) is 2.32. The molecule has 1 aliphatic carbocycles. The lowest BCUT2D eigenvalue weighted by Crippen LogP contribution is -2.52. The number of carbonyl (C=O) groups is 1. The lowest BCUT2D eigenvalue weighted by atomic mass is 9.82. The summed E-state index contributed by atoms with van der Waals surface area (Å²) >= 11 is 0.